The molecule has 3 aromatic carbocycles. The van der Waals surface area contributed by atoms with Crippen LogP contribution in [0.15, 0.2) is 60.7 Å². The van der Waals surface area contributed by atoms with Crippen molar-refractivity contribution >= 4 is 11.8 Å². The van der Waals surface area contributed by atoms with Gasteiger partial charge in [-0.15, -0.1) is 0 Å². The molecule has 1 fully saturated rings. The molecule has 3 aromatic rings. The van der Waals surface area contributed by atoms with E-state index in [1.165, 1.54) is 45.5 Å². The van der Waals surface area contributed by atoms with E-state index < -0.39 is 5.60 Å². The molecule has 4 rings (SSSR count). The molecule has 4 nitrogen and oxygen atoms in total. The summed E-state index contributed by atoms with van der Waals surface area (Å²) in [4.78, 5) is 16.7. The van der Waals surface area contributed by atoms with Gasteiger partial charge in [-0.1, -0.05) is 30.3 Å². The molecule has 1 aliphatic heterocycles. The van der Waals surface area contributed by atoms with Crippen molar-refractivity contribution in [3.8, 4) is 11.1 Å². The molecule has 1 saturated heterocycles. The number of nitrogens with zero attached hydrogens (tertiary/aromatic N) is 2. The first-order valence-electron chi connectivity index (χ1n) is 13.2. The maximum Gasteiger partial charge on any atom is 0.410 e. The Morgan fingerprint density at radius 3 is 2.16 bits per heavy atom. The molecule has 5 heteroatoms. The van der Waals surface area contributed by atoms with Crippen LogP contribution in [0.1, 0.15) is 55.9 Å². The fourth-order valence-electron chi connectivity index (χ4n) is 5.00. The third-order valence-electron chi connectivity index (χ3n) is 7.26. The maximum atomic E-state index is 13.8. The molecular formula is C32H39FN2O2. The predicted molar refractivity (Wildman–Crippen MR) is 150 cm³/mol. The predicted octanol–water partition coefficient (Wildman–Crippen LogP) is 7.82. The third kappa shape index (κ3) is 6.71. The number of halogens is 1. The van der Waals surface area contributed by atoms with E-state index in [4.69, 9.17) is 4.74 Å². The fourth-order valence-corrected chi connectivity index (χ4v) is 5.00. The molecule has 0 bridgehead atoms. The molecular weight excluding hydrogens is 463 g/mol. The van der Waals surface area contributed by atoms with E-state index in [9.17, 15) is 9.18 Å². The molecule has 1 amide bonds. The van der Waals surface area contributed by atoms with Crippen LogP contribution in [0, 0.1) is 26.6 Å². The first kappa shape index (κ1) is 26.7. The first-order chi connectivity index (χ1) is 17.5. The Kier molecular flexibility index (Phi) is 7.91. The highest BCUT2D eigenvalue weighted by Crippen LogP contribution is 2.30. The molecule has 37 heavy (non-hydrogen) atoms. The van der Waals surface area contributed by atoms with Crippen LogP contribution in [0.5, 0.6) is 0 Å². The Hall–Kier alpha value is -3.34. The van der Waals surface area contributed by atoms with Crippen molar-refractivity contribution < 1.29 is 13.9 Å². The second kappa shape index (κ2) is 11.0. The number of hydrogen-bond acceptors (Lipinski definition) is 3. The summed E-state index contributed by atoms with van der Waals surface area (Å²) in [6.45, 7) is 14.1. The molecule has 0 atom stereocenters. The average Bonchev–Trinajstić information content (AvgIpc) is 2.85. The second-order valence-electron chi connectivity index (χ2n) is 11.2. The van der Waals surface area contributed by atoms with E-state index >= 15 is 0 Å². The van der Waals surface area contributed by atoms with Gasteiger partial charge in [-0.2, -0.15) is 0 Å². The van der Waals surface area contributed by atoms with Crippen LogP contribution in [0.2, 0.25) is 0 Å². The number of anilines is 1. The molecule has 0 N–H and O–H groups in total. The van der Waals surface area contributed by atoms with Crippen LogP contribution in [0.3, 0.4) is 0 Å². The number of amides is 1. The molecule has 1 heterocycles. The Morgan fingerprint density at radius 2 is 1.57 bits per heavy atom. The van der Waals surface area contributed by atoms with Crippen LogP contribution in [-0.4, -0.2) is 35.7 Å². The van der Waals surface area contributed by atoms with E-state index in [0.717, 1.165) is 18.5 Å². The lowest BCUT2D eigenvalue weighted by molar-refractivity contribution is 0.0204. The van der Waals surface area contributed by atoms with Gasteiger partial charge < -0.3 is 14.5 Å². The van der Waals surface area contributed by atoms with Gasteiger partial charge in [-0.05, 0) is 118 Å². The molecule has 196 valence electrons. The van der Waals surface area contributed by atoms with Gasteiger partial charge in [0.25, 0.3) is 0 Å². The Bertz CT molecular complexity index is 1220. The van der Waals surface area contributed by atoms with Crippen molar-refractivity contribution in [1.82, 2.24) is 4.90 Å². The smallest absolute Gasteiger partial charge is 0.410 e. The zero-order chi connectivity index (χ0) is 26.7. The van der Waals surface area contributed by atoms with Gasteiger partial charge in [0.15, 0.2) is 0 Å². The molecule has 0 unspecified atom stereocenters. The van der Waals surface area contributed by atoms with Gasteiger partial charge in [0.05, 0.1) is 0 Å². The minimum absolute atomic E-state index is 0.233. The van der Waals surface area contributed by atoms with Crippen molar-refractivity contribution in [2.75, 3.05) is 18.0 Å². The first-order valence-corrected chi connectivity index (χ1v) is 13.2. The van der Waals surface area contributed by atoms with Crippen LogP contribution in [0.25, 0.3) is 11.1 Å². The monoisotopic (exact) mass is 502 g/mol. The van der Waals surface area contributed by atoms with E-state index in [2.05, 4.69) is 62.1 Å². The number of aryl methyl sites for hydroxylation is 2. The zero-order valence-corrected chi connectivity index (χ0v) is 23.0. The standard InChI is InChI=1S/C32H39FN2O2/c1-22-18-27(19-23(2)24(22)3)26-9-7-8-25(20-26)21-35(29-12-10-28(33)11-13-29)30-14-16-34(17-15-30)31(36)37-32(4,5)6/h7-13,18-20,30H,14-17,21H2,1-6H3. The number of piperidine rings is 1. The number of likely N-dealkylation sites (tertiary alicyclic amines) is 1. The van der Waals surface area contributed by atoms with Gasteiger partial charge in [0.2, 0.25) is 0 Å². The number of carbonyl (C=O) groups excluding carboxylic acids is 1. The summed E-state index contributed by atoms with van der Waals surface area (Å²) in [5, 5.41) is 0. The highest BCUT2D eigenvalue weighted by molar-refractivity contribution is 5.68. The summed E-state index contributed by atoms with van der Waals surface area (Å²) >= 11 is 0. The highest BCUT2D eigenvalue weighted by atomic mass is 19.1. The summed E-state index contributed by atoms with van der Waals surface area (Å²) in [5.74, 6) is -0.240. The quantitative estimate of drug-likeness (QED) is 0.356. The van der Waals surface area contributed by atoms with Gasteiger partial charge in [-0.3, -0.25) is 0 Å². The van der Waals surface area contributed by atoms with Gasteiger partial charge >= 0.3 is 6.09 Å². The fraction of sp³-hybridized carbons (Fsp3) is 0.406. The molecule has 0 saturated carbocycles. The Balaban J connectivity index is 1.56. The van der Waals surface area contributed by atoms with Crippen LogP contribution >= 0.6 is 0 Å². The third-order valence-corrected chi connectivity index (χ3v) is 7.26. The summed E-state index contributed by atoms with van der Waals surface area (Å²) in [5.41, 5.74) is 8.03. The summed E-state index contributed by atoms with van der Waals surface area (Å²) in [6.07, 6.45) is 1.40. The van der Waals surface area contributed by atoms with Crippen molar-refractivity contribution in [3.63, 3.8) is 0 Å². The Morgan fingerprint density at radius 1 is 0.946 bits per heavy atom. The van der Waals surface area contributed by atoms with Crippen molar-refractivity contribution in [2.45, 2.75) is 72.6 Å². The van der Waals surface area contributed by atoms with Crippen LogP contribution in [-0.2, 0) is 11.3 Å². The minimum atomic E-state index is -0.506. The lowest BCUT2D eigenvalue weighted by Gasteiger charge is -2.40. The SMILES string of the molecule is Cc1cc(-c2cccc(CN(c3ccc(F)cc3)C3CCN(C(=O)OC(C)(C)C)CC3)c2)cc(C)c1C. The largest absolute Gasteiger partial charge is 0.444 e. The highest BCUT2D eigenvalue weighted by Gasteiger charge is 2.30. The lowest BCUT2D eigenvalue weighted by Crippen LogP contribution is -2.48. The zero-order valence-electron chi connectivity index (χ0n) is 23.0. The number of rotatable bonds is 5. The van der Waals surface area contributed by atoms with Gasteiger partial charge in [0, 0.05) is 31.4 Å². The number of carbonyl (C=O) groups is 1. The maximum absolute atomic E-state index is 13.8. The van der Waals surface area contributed by atoms with E-state index in [0.29, 0.717) is 19.6 Å². The molecule has 0 spiro atoms. The van der Waals surface area contributed by atoms with Gasteiger partial charge in [0.1, 0.15) is 11.4 Å². The average molecular weight is 503 g/mol. The van der Waals surface area contributed by atoms with E-state index in [1.54, 1.807) is 4.90 Å². The molecule has 0 aromatic heterocycles. The number of ether oxygens (including phenoxy) is 1. The lowest BCUT2D eigenvalue weighted by atomic mass is 9.95. The van der Waals surface area contributed by atoms with Gasteiger partial charge in [-0.25, -0.2) is 9.18 Å². The molecule has 0 radical (unpaired) electrons. The summed E-state index contributed by atoms with van der Waals surface area (Å²) < 4.78 is 19.3. The topological polar surface area (TPSA) is 32.8 Å². The second-order valence-corrected chi connectivity index (χ2v) is 11.2. The van der Waals surface area contributed by atoms with Crippen molar-refractivity contribution in [2.24, 2.45) is 0 Å². The van der Waals surface area contributed by atoms with Crippen LogP contribution < -0.4 is 4.90 Å². The molecule has 1 aliphatic rings. The van der Waals surface area contributed by atoms with E-state index in [-0.39, 0.29) is 18.0 Å². The summed E-state index contributed by atoms with van der Waals surface area (Å²) in [6, 6.07) is 20.2. The minimum Gasteiger partial charge on any atom is -0.444 e. The van der Waals surface area contributed by atoms with Crippen LogP contribution in [0.4, 0.5) is 14.9 Å². The molecule has 0 aliphatic carbocycles. The van der Waals surface area contributed by atoms with E-state index in [1.807, 2.05) is 32.9 Å². The number of hydrogen-bond donors (Lipinski definition) is 0. The normalized spacial score (nSPS) is 14.5. The Labute approximate surface area is 221 Å². The van der Waals surface area contributed by atoms with Crippen molar-refractivity contribution in [1.29, 1.82) is 0 Å². The number of benzene rings is 3. The van der Waals surface area contributed by atoms with Crippen molar-refractivity contribution in [3.05, 3.63) is 88.7 Å². The summed E-state index contributed by atoms with van der Waals surface area (Å²) in [7, 11) is 0.